The Hall–Kier alpha value is -3.32. The number of hydrogen-bond donors (Lipinski definition) is 1. The molecule has 0 unspecified atom stereocenters. The molecule has 0 radical (unpaired) electrons. The summed E-state index contributed by atoms with van der Waals surface area (Å²) in [6.45, 7) is 1.28. The third kappa shape index (κ3) is 4.32. The number of halogens is 1. The molecular formula is C20H16ClNO6. The second-order valence-corrected chi connectivity index (χ2v) is 6.09. The Balaban J connectivity index is 1.73. The van der Waals surface area contributed by atoms with Gasteiger partial charge in [-0.2, -0.15) is 0 Å². The van der Waals surface area contributed by atoms with E-state index in [1.165, 1.54) is 12.1 Å². The number of rotatable bonds is 6. The van der Waals surface area contributed by atoms with E-state index in [2.05, 4.69) is 5.32 Å². The standard InChI is InChI=1S/C20H16ClNO6/c1-2-26-20(25)18-17(14-5-3-4-6-15(14)28-18)22-16(23)11-27-19(24)12-7-9-13(21)10-8-12/h3-10H,2,11H2,1H3,(H,22,23). The number of carbonyl (C=O) groups is 3. The molecule has 1 heterocycles. The van der Waals surface area contributed by atoms with Crippen LogP contribution in [0.5, 0.6) is 0 Å². The average Bonchev–Trinajstić information content (AvgIpc) is 3.05. The van der Waals surface area contributed by atoms with Gasteiger partial charge in [0.05, 0.1) is 12.2 Å². The molecule has 1 amide bonds. The van der Waals surface area contributed by atoms with Crippen molar-refractivity contribution in [1.29, 1.82) is 0 Å². The Kier molecular flexibility index (Phi) is 5.96. The van der Waals surface area contributed by atoms with Gasteiger partial charge in [-0.25, -0.2) is 9.59 Å². The lowest BCUT2D eigenvalue weighted by Gasteiger charge is -2.07. The quantitative estimate of drug-likeness (QED) is 0.626. The predicted molar refractivity (Wildman–Crippen MR) is 103 cm³/mol. The van der Waals surface area contributed by atoms with Gasteiger partial charge in [0.15, 0.2) is 6.61 Å². The summed E-state index contributed by atoms with van der Waals surface area (Å²) in [6, 6.07) is 12.9. The third-order valence-electron chi connectivity index (χ3n) is 3.74. The summed E-state index contributed by atoms with van der Waals surface area (Å²) in [5.74, 6) is -2.12. The second-order valence-electron chi connectivity index (χ2n) is 5.65. The molecule has 3 rings (SSSR count). The molecule has 0 aliphatic heterocycles. The number of hydrogen-bond acceptors (Lipinski definition) is 6. The Bertz CT molecular complexity index is 1020. The summed E-state index contributed by atoms with van der Waals surface area (Å²) >= 11 is 5.77. The van der Waals surface area contributed by atoms with Crippen LogP contribution < -0.4 is 5.32 Å². The van der Waals surface area contributed by atoms with Gasteiger partial charge in [0.2, 0.25) is 5.76 Å². The highest BCUT2D eigenvalue weighted by atomic mass is 35.5. The molecule has 1 aromatic heterocycles. The van der Waals surface area contributed by atoms with Crippen molar-refractivity contribution in [3.05, 3.63) is 64.9 Å². The topological polar surface area (TPSA) is 94.8 Å². The first-order valence-corrected chi connectivity index (χ1v) is 8.78. The summed E-state index contributed by atoms with van der Waals surface area (Å²) in [5, 5.41) is 3.57. The molecule has 144 valence electrons. The number of nitrogens with one attached hydrogen (secondary N) is 1. The predicted octanol–water partition coefficient (Wildman–Crippen LogP) is 4.06. The average molecular weight is 402 g/mol. The number of para-hydroxylation sites is 1. The van der Waals surface area contributed by atoms with Crippen LogP contribution in [0.15, 0.2) is 52.9 Å². The van der Waals surface area contributed by atoms with E-state index in [-0.39, 0.29) is 23.6 Å². The first kappa shape index (κ1) is 19.4. The maximum atomic E-state index is 12.3. The van der Waals surface area contributed by atoms with Gasteiger partial charge in [-0.3, -0.25) is 4.79 Å². The minimum Gasteiger partial charge on any atom is -0.460 e. The highest BCUT2D eigenvalue weighted by molar-refractivity contribution is 6.30. The number of carbonyl (C=O) groups excluding carboxylic acids is 3. The fraction of sp³-hybridized carbons (Fsp3) is 0.150. The van der Waals surface area contributed by atoms with E-state index >= 15 is 0 Å². The SMILES string of the molecule is CCOC(=O)c1oc2ccccc2c1NC(=O)COC(=O)c1ccc(Cl)cc1. The van der Waals surface area contributed by atoms with E-state index in [0.717, 1.165) is 0 Å². The minimum absolute atomic E-state index is 0.125. The Morgan fingerprint density at radius 1 is 1.00 bits per heavy atom. The van der Waals surface area contributed by atoms with Crippen LogP contribution >= 0.6 is 11.6 Å². The maximum Gasteiger partial charge on any atom is 0.376 e. The number of amides is 1. The van der Waals surface area contributed by atoms with Crippen LogP contribution in [0.3, 0.4) is 0 Å². The first-order chi connectivity index (χ1) is 13.5. The van der Waals surface area contributed by atoms with Crippen LogP contribution in [-0.4, -0.2) is 31.1 Å². The van der Waals surface area contributed by atoms with E-state index in [4.69, 9.17) is 25.5 Å². The molecule has 2 aromatic carbocycles. The highest BCUT2D eigenvalue weighted by Crippen LogP contribution is 2.31. The van der Waals surface area contributed by atoms with Crippen molar-refractivity contribution in [3.63, 3.8) is 0 Å². The molecule has 7 nitrogen and oxygen atoms in total. The molecule has 0 spiro atoms. The van der Waals surface area contributed by atoms with Gasteiger partial charge in [-0.05, 0) is 43.3 Å². The number of anilines is 1. The lowest BCUT2D eigenvalue weighted by Crippen LogP contribution is -2.22. The molecule has 28 heavy (non-hydrogen) atoms. The van der Waals surface area contributed by atoms with Gasteiger partial charge in [-0.1, -0.05) is 23.7 Å². The summed E-state index contributed by atoms with van der Waals surface area (Å²) < 4.78 is 15.5. The zero-order valence-electron chi connectivity index (χ0n) is 14.9. The second kappa shape index (κ2) is 8.58. The normalized spacial score (nSPS) is 10.5. The summed E-state index contributed by atoms with van der Waals surface area (Å²) in [4.78, 5) is 36.4. The molecule has 3 aromatic rings. The van der Waals surface area contributed by atoms with Crippen LogP contribution in [0, 0.1) is 0 Å². The van der Waals surface area contributed by atoms with Crippen molar-refractivity contribution in [3.8, 4) is 0 Å². The Labute approximate surface area is 165 Å². The minimum atomic E-state index is -0.702. The van der Waals surface area contributed by atoms with Gasteiger partial charge in [0.25, 0.3) is 5.91 Å². The lowest BCUT2D eigenvalue weighted by molar-refractivity contribution is -0.119. The van der Waals surface area contributed by atoms with E-state index in [9.17, 15) is 14.4 Å². The summed E-state index contributed by atoms with van der Waals surface area (Å²) in [6.07, 6.45) is 0. The van der Waals surface area contributed by atoms with Gasteiger partial charge in [-0.15, -0.1) is 0 Å². The van der Waals surface area contributed by atoms with Crippen LogP contribution in [0.4, 0.5) is 5.69 Å². The van der Waals surface area contributed by atoms with Crippen molar-refractivity contribution in [2.75, 3.05) is 18.5 Å². The van der Waals surface area contributed by atoms with Gasteiger partial charge in [0, 0.05) is 10.4 Å². The van der Waals surface area contributed by atoms with Gasteiger partial charge in [0.1, 0.15) is 11.3 Å². The molecule has 0 aliphatic carbocycles. The fourth-order valence-corrected chi connectivity index (χ4v) is 2.61. The first-order valence-electron chi connectivity index (χ1n) is 8.40. The maximum absolute atomic E-state index is 12.3. The van der Waals surface area contributed by atoms with Gasteiger partial charge < -0.3 is 19.2 Å². The summed E-state index contributed by atoms with van der Waals surface area (Å²) in [7, 11) is 0. The molecule has 1 N–H and O–H groups in total. The molecule has 0 saturated carbocycles. The molecule has 0 saturated heterocycles. The van der Waals surface area contributed by atoms with Crippen molar-refractivity contribution in [2.45, 2.75) is 6.92 Å². The number of fused-ring (bicyclic) bond motifs is 1. The number of ether oxygens (including phenoxy) is 2. The molecular weight excluding hydrogens is 386 g/mol. The van der Waals surface area contributed by atoms with Crippen molar-refractivity contribution in [2.24, 2.45) is 0 Å². The third-order valence-corrected chi connectivity index (χ3v) is 3.99. The molecule has 0 aliphatic rings. The van der Waals surface area contributed by atoms with Crippen molar-refractivity contribution < 1.29 is 28.3 Å². The zero-order chi connectivity index (χ0) is 20.1. The smallest absolute Gasteiger partial charge is 0.376 e. The Morgan fingerprint density at radius 2 is 1.71 bits per heavy atom. The molecule has 8 heteroatoms. The van der Waals surface area contributed by atoms with E-state index in [1.807, 2.05) is 0 Å². The van der Waals surface area contributed by atoms with E-state index in [0.29, 0.717) is 16.0 Å². The van der Waals surface area contributed by atoms with E-state index < -0.39 is 24.5 Å². The van der Waals surface area contributed by atoms with E-state index in [1.54, 1.807) is 43.3 Å². The van der Waals surface area contributed by atoms with Crippen LogP contribution in [0.2, 0.25) is 5.02 Å². The van der Waals surface area contributed by atoms with Gasteiger partial charge >= 0.3 is 11.9 Å². The molecule has 0 atom stereocenters. The largest absolute Gasteiger partial charge is 0.460 e. The Morgan fingerprint density at radius 3 is 2.43 bits per heavy atom. The molecule has 0 fully saturated rings. The fourth-order valence-electron chi connectivity index (χ4n) is 2.49. The lowest BCUT2D eigenvalue weighted by atomic mass is 10.2. The molecule has 0 bridgehead atoms. The van der Waals surface area contributed by atoms with Crippen LogP contribution in [0.25, 0.3) is 11.0 Å². The number of benzene rings is 2. The number of esters is 2. The highest BCUT2D eigenvalue weighted by Gasteiger charge is 2.23. The van der Waals surface area contributed by atoms with Crippen molar-refractivity contribution >= 4 is 46.1 Å². The van der Waals surface area contributed by atoms with Crippen LogP contribution in [-0.2, 0) is 14.3 Å². The zero-order valence-corrected chi connectivity index (χ0v) is 15.6. The summed E-state index contributed by atoms with van der Waals surface area (Å²) in [5.41, 5.74) is 0.846. The van der Waals surface area contributed by atoms with Crippen LogP contribution in [0.1, 0.15) is 27.8 Å². The monoisotopic (exact) mass is 401 g/mol. The van der Waals surface area contributed by atoms with Crippen molar-refractivity contribution in [1.82, 2.24) is 0 Å². The number of furan rings is 1.